The molecule has 1 aliphatic carbocycles. The number of nitrogens with zero attached hydrogens (tertiary/aromatic N) is 4. The summed E-state index contributed by atoms with van der Waals surface area (Å²) in [5.41, 5.74) is 2.79. The molecule has 0 aromatic heterocycles. The highest BCUT2D eigenvalue weighted by Crippen LogP contribution is 2.51. The Bertz CT molecular complexity index is 1290. The van der Waals surface area contributed by atoms with Crippen LogP contribution < -0.4 is 10.2 Å². The summed E-state index contributed by atoms with van der Waals surface area (Å²) in [4.78, 5) is 20.1. The molecule has 7 nitrogen and oxygen atoms in total. The number of carbonyl (C=O) groups is 1. The number of hydrogen-bond acceptors (Lipinski definition) is 6. The number of benzene rings is 2. The maximum absolute atomic E-state index is 14.9. The summed E-state index contributed by atoms with van der Waals surface area (Å²) in [6.07, 6.45) is 7.23. The molecule has 6 rings (SSSR count). The number of halogens is 1. The number of methoxy groups -OCH3 is 1. The Morgan fingerprint density at radius 1 is 1.00 bits per heavy atom. The third-order valence-electron chi connectivity index (χ3n) is 10.9. The van der Waals surface area contributed by atoms with Crippen molar-refractivity contribution >= 4 is 11.8 Å². The van der Waals surface area contributed by atoms with Crippen LogP contribution in [0.2, 0.25) is 0 Å². The molecular formula is C35H46FN5O2. The van der Waals surface area contributed by atoms with E-state index < -0.39 is 0 Å². The van der Waals surface area contributed by atoms with Gasteiger partial charge in [0.2, 0.25) is 0 Å². The van der Waals surface area contributed by atoms with Crippen molar-refractivity contribution < 1.29 is 13.9 Å². The smallest absolute Gasteiger partial charge is 0.407 e. The van der Waals surface area contributed by atoms with Gasteiger partial charge in [-0.1, -0.05) is 18.6 Å². The molecule has 0 unspecified atom stereocenters. The Hall–Kier alpha value is -3.15. The number of hydrogen-bond donors (Lipinski definition) is 1. The summed E-state index contributed by atoms with van der Waals surface area (Å²) >= 11 is 0. The Kier molecular flexibility index (Phi) is 9.20. The molecule has 230 valence electrons. The molecule has 0 bridgehead atoms. The van der Waals surface area contributed by atoms with Crippen molar-refractivity contribution in [2.45, 2.75) is 56.4 Å². The zero-order chi connectivity index (χ0) is 29.8. The van der Waals surface area contributed by atoms with Crippen LogP contribution in [0, 0.1) is 34.9 Å². The van der Waals surface area contributed by atoms with E-state index in [1.807, 2.05) is 18.2 Å². The lowest BCUT2D eigenvalue weighted by Gasteiger charge is -2.53. The average Bonchev–Trinajstić information content (AvgIpc) is 3.67. The van der Waals surface area contributed by atoms with Gasteiger partial charge in [0.25, 0.3) is 0 Å². The van der Waals surface area contributed by atoms with E-state index in [9.17, 15) is 9.18 Å². The molecule has 1 saturated carbocycles. The molecule has 0 spiro atoms. The van der Waals surface area contributed by atoms with Gasteiger partial charge in [-0.25, -0.2) is 9.18 Å². The molecular weight excluding hydrogens is 541 g/mol. The number of likely N-dealkylation sites (tertiary alicyclic amines) is 2. The molecule has 1 N–H and O–H groups in total. The summed E-state index contributed by atoms with van der Waals surface area (Å²) in [6.45, 7) is 8.43. The zero-order valence-electron chi connectivity index (χ0n) is 25.5. The summed E-state index contributed by atoms with van der Waals surface area (Å²) in [6, 6.07) is 17.6. The highest BCUT2D eigenvalue weighted by atomic mass is 19.1. The molecule has 4 aliphatic rings. The van der Waals surface area contributed by atoms with E-state index in [1.54, 1.807) is 12.1 Å². The van der Waals surface area contributed by atoms with Crippen LogP contribution in [0.4, 0.5) is 14.9 Å². The largest absolute Gasteiger partial charge is 0.453 e. The molecule has 3 saturated heterocycles. The lowest BCUT2D eigenvalue weighted by molar-refractivity contribution is 0.0235. The second-order valence-corrected chi connectivity index (χ2v) is 13.3. The fourth-order valence-corrected chi connectivity index (χ4v) is 8.70. The van der Waals surface area contributed by atoms with Crippen molar-refractivity contribution in [3.63, 3.8) is 0 Å². The first-order chi connectivity index (χ1) is 21.0. The monoisotopic (exact) mass is 587 g/mol. The molecule has 3 heterocycles. The normalized spacial score (nSPS) is 26.4. The van der Waals surface area contributed by atoms with E-state index in [0.717, 1.165) is 90.0 Å². The molecule has 4 fully saturated rings. The molecule has 8 heteroatoms. The van der Waals surface area contributed by atoms with Crippen LogP contribution in [0.5, 0.6) is 0 Å². The van der Waals surface area contributed by atoms with E-state index in [0.29, 0.717) is 17.4 Å². The van der Waals surface area contributed by atoms with Gasteiger partial charge in [0, 0.05) is 43.3 Å². The summed E-state index contributed by atoms with van der Waals surface area (Å²) in [5.74, 6) is 1.10. The molecule has 1 amide bonds. The van der Waals surface area contributed by atoms with Crippen molar-refractivity contribution in [3.8, 4) is 6.07 Å². The van der Waals surface area contributed by atoms with Gasteiger partial charge in [0.05, 0.1) is 18.7 Å². The number of nitrogens with one attached hydrogen (secondary N) is 1. The Morgan fingerprint density at radius 2 is 1.79 bits per heavy atom. The number of piperidine rings is 1. The summed E-state index contributed by atoms with van der Waals surface area (Å²) in [7, 11) is 1.43. The van der Waals surface area contributed by atoms with Gasteiger partial charge in [0.1, 0.15) is 5.82 Å². The molecule has 43 heavy (non-hydrogen) atoms. The van der Waals surface area contributed by atoms with Crippen molar-refractivity contribution in [1.82, 2.24) is 15.1 Å². The van der Waals surface area contributed by atoms with E-state index >= 15 is 0 Å². The van der Waals surface area contributed by atoms with Crippen LogP contribution in [0.25, 0.3) is 0 Å². The topological polar surface area (TPSA) is 71.8 Å². The third kappa shape index (κ3) is 6.39. The minimum Gasteiger partial charge on any atom is -0.453 e. The summed E-state index contributed by atoms with van der Waals surface area (Å²) in [5, 5.41) is 12.3. The fourth-order valence-electron chi connectivity index (χ4n) is 8.70. The number of alkyl carbamates (subject to hydrolysis) is 1. The number of anilines is 1. The molecule has 4 atom stereocenters. The van der Waals surface area contributed by atoms with Gasteiger partial charge in [-0.3, -0.25) is 0 Å². The first kappa shape index (κ1) is 29.9. The molecule has 2 aromatic carbocycles. The summed E-state index contributed by atoms with van der Waals surface area (Å²) < 4.78 is 19.9. The van der Waals surface area contributed by atoms with Gasteiger partial charge >= 0.3 is 6.09 Å². The minimum absolute atomic E-state index is 0.0294. The number of carbonyl (C=O) groups excluding carboxylic acids is 1. The SMILES string of the molecule is COC(=O)N[C@H]1CCC[C@@H]1[C@](CN1CCC1)(c1cccc(F)c1)C1CCN(C[C@H]2CCN(c3ccc(C#N)cc3)C2)CC1. The molecule has 3 aliphatic heterocycles. The standard InChI is InChI=1S/C35H46FN5O2/c1-43-34(42)38-33-8-3-7-32(33)35(25-40-16-4-17-40,29-5-2-6-30(36)21-29)28-14-18-39(19-15-28)23-27-13-20-41(24-27)31-11-9-26(22-37)10-12-31/h2,5-6,9-12,21,27-28,32-33H,3-4,7-8,13-20,23-25H2,1H3,(H,38,42)/t27-,32+,33+,35+/m1/s1. The van der Waals surface area contributed by atoms with Gasteiger partial charge in [-0.15, -0.1) is 0 Å². The predicted octanol–water partition coefficient (Wildman–Crippen LogP) is 5.40. The third-order valence-corrected chi connectivity index (χ3v) is 10.9. The van der Waals surface area contributed by atoms with Crippen molar-refractivity contribution in [1.29, 1.82) is 5.26 Å². The second-order valence-electron chi connectivity index (χ2n) is 13.3. The van der Waals surface area contributed by atoms with E-state index in [2.05, 4.69) is 44.3 Å². The van der Waals surface area contributed by atoms with E-state index in [4.69, 9.17) is 10.00 Å². The number of amides is 1. The first-order valence-electron chi connectivity index (χ1n) is 16.3. The van der Waals surface area contributed by atoms with Crippen LogP contribution in [-0.4, -0.2) is 81.4 Å². The average molecular weight is 588 g/mol. The maximum Gasteiger partial charge on any atom is 0.407 e. The maximum atomic E-state index is 14.9. The number of rotatable bonds is 9. The zero-order valence-corrected chi connectivity index (χ0v) is 25.5. The van der Waals surface area contributed by atoms with E-state index in [1.165, 1.54) is 25.6 Å². The number of ether oxygens (including phenoxy) is 1. The van der Waals surface area contributed by atoms with Crippen LogP contribution in [0.15, 0.2) is 48.5 Å². The fraction of sp³-hybridized carbons (Fsp3) is 0.600. The molecule has 2 aromatic rings. The van der Waals surface area contributed by atoms with Crippen LogP contribution in [0.3, 0.4) is 0 Å². The lowest BCUT2D eigenvalue weighted by atomic mass is 9.57. The Morgan fingerprint density at radius 3 is 2.47 bits per heavy atom. The highest BCUT2D eigenvalue weighted by Gasteiger charge is 2.53. The van der Waals surface area contributed by atoms with E-state index in [-0.39, 0.29) is 29.3 Å². The minimum atomic E-state index is -0.365. The highest BCUT2D eigenvalue weighted by molar-refractivity contribution is 5.67. The van der Waals surface area contributed by atoms with Crippen LogP contribution in [0.1, 0.15) is 56.1 Å². The Labute approximate surface area is 256 Å². The van der Waals surface area contributed by atoms with Gasteiger partial charge in [0.15, 0.2) is 0 Å². The lowest BCUT2D eigenvalue weighted by Crippen LogP contribution is -2.59. The van der Waals surface area contributed by atoms with Crippen molar-refractivity contribution in [3.05, 3.63) is 65.5 Å². The quantitative estimate of drug-likeness (QED) is 0.424. The van der Waals surface area contributed by atoms with Gasteiger partial charge < -0.3 is 24.8 Å². The predicted molar refractivity (Wildman–Crippen MR) is 166 cm³/mol. The van der Waals surface area contributed by atoms with Crippen LogP contribution in [-0.2, 0) is 10.2 Å². The number of nitriles is 1. The van der Waals surface area contributed by atoms with Crippen LogP contribution >= 0.6 is 0 Å². The first-order valence-corrected chi connectivity index (χ1v) is 16.3. The molecule has 0 radical (unpaired) electrons. The Balaban J connectivity index is 1.19. The van der Waals surface area contributed by atoms with Gasteiger partial charge in [-0.05, 0) is 124 Å². The second kappa shape index (κ2) is 13.2. The van der Waals surface area contributed by atoms with Gasteiger partial charge in [-0.2, -0.15) is 5.26 Å². The van der Waals surface area contributed by atoms with Crippen molar-refractivity contribution in [2.24, 2.45) is 17.8 Å². The van der Waals surface area contributed by atoms with Crippen molar-refractivity contribution in [2.75, 3.05) is 64.4 Å².